The summed E-state index contributed by atoms with van der Waals surface area (Å²) in [5.41, 5.74) is -0.794. The summed E-state index contributed by atoms with van der Waals surface area (Å²) in [5.74, 6) is -0.921. The monoisotopic (exact) mass is 448 g/mol. The quantitative estimate of drug-likeness (QED) is 0.0864. The van der Waals surface area contributed by atoms with Gasteiger partial charge in [-0.15, -0.1) is 0 Å². The van der Waals surface area contributed by atoms with E-state index in [1.807, 2.05) is 6.92 Å². The molecule has 0 aliphatic rings. The zero-order chi connectivity index (χ0) is 23.0. The third kappa shape index (κ3) is 14.3. The number of carbonyl (C=O) groups is 2. The minimum Gasteiger partial charge on any atom is -0.462 e. The Bertz CT molecular complexity index is 469. The molecule has 0 heterocycles. The number of unbranched alkanes of at least 4 members (excludes halogenated alkanes) is 5. The summed E-state index contributed by atoms with van der Waals surface area (Å²) in [7, 11) is 0. The van der Waals surface area contributed by atoms with Crippen LogP contribution in [-0.4, -0.2) is 28.9 Å². The van der Waals surface area contributed by atoms with Crippen LogP contribution in [0.25, 0.3) is 0 Å². The van der Waals surface area contributed by atoms with Crippen molar-refractivity contribution in [2.24, 2.45) is 5.92 Å². The first-order valence-electron chi connectivity index (χ1n) is 11.6. The average molecular weight is 449 g/mol. The molecule has 0 fully saturated rings. The second kappa shape index (κ2) is 16.8. The molecule has 0 amide bonds. The summed E-state index contributed by atoms with van der Waals surface area (Å²) in [6, 6.07) is 0. The normalized spacial score (nSPS) is 14.8. The topological polar surface area (TPSA) is 71.1 Å². The molecule has 0 aromatic rings. The lowest BCUT2D eigenvalue weighted by molar-refractivity contribution is -0.518. The van der Waals surface area contributed by atoms with Gasteiger partial charge >= 0.3 is 11.9 Å². The van der Waals surface area contributed by atoms with Gasteiger partial charge in [0, 0.05) is 6.42 Å². The summed E-state index contributed by atoms with van der Waals surface area (Å²) in [6.07, 6.45) is 9.89. The lowest BCUT2D eigenvalue weighted by Gasteiger charge is -2.26. The van der Waals surface area contributed by atoms with Crippen LogP contribution in [0, 0.1) is 5.92 Å². The summed E-state index contributed by atoms with van der Waals surface area (Å²) in [4.78, 5) is 34.3. The highest BCUT2D eigenvalue weighted by Crippen LogP contribution is 2.22. The van der Waals surface area contributed by atoms with Gasteiger partial charge in [0.15, 0.2) is 0 Å². The average Bonchev–Trinajstić information content (AvgIpc) is 2.67. The van der Waals surface area contributed by atoms with Gasteiger partial charge in [0.1, 0.15) is 11.7 Å². The van der Waals surface area contributed by atoms with Crippen molar-refractivity contribution in [2.75, 3.05) is 0 Å². The number of rotatable bonds is 18. The van der Waals surface area contributed by atoms with Gasteiger partial charge in [-0.05, 0) is 45.1 Å². The van der Waals surface area contributed by atoms with Crippen molar-refractivity contribution in [1.82, 2.24) is 0 Å². The molecule has 3 atom stereocenters. The Morgan fingerprint density at radius 2 is 1.53 bits per heavy atom. The molecule has 0 aromatic heterocycles. The predicted molar refractivity (Wildman–Crippen MR) is 122 cm³/mol. The molecule has 0 radical (unpaired) electrons. The van der Waals surface area contributed by atoms with Crippen LogP contribution in [0.2, 0.25) is 0 Å². The summed E-state index contributed by atoms with van der Waals surface area (Å²) in [5, 5.41) is 4.34. The standard InChI is InChI=1S/C23H44O6S/c1-7-10-12-13-14-16-20(30)22(25)26-18(4)17-23(5,6)28-29-27-21(24)19(9-3)15-11-8-2/h18-20,30H,7-17H2,1-6H3. The third-order valence-electron chi connectivity index (χ3n) is 5.06. The maximum atomic E-state index is 12.2. The van der Waals surface area contributed by atoms with Crippen LogP contribution >= 0.6 is 12.6 Å². The maximum Gasteiger partial charge on any atom is 0.348 e. The molecule has 0 aliphatic carbocycles. The van der Waals surface area contributed by atoms with E-state index < -0.39 is 16.8 Å². The Hall–Kier alpha value is -0.790. The zero-order valence-corrected chi connectivity index (χ0v) is 20.8. The summed E-state index contributed by atoms with van der Waals surface area (Å²) >= 11 is 4.38. The van der Waals surface area contributed by atoms with Crippen molar-refractivity contribution >= 4 is 24.6 Å². The molecule has 30 heavy (non-hydrogen) atoms. The van der Waals surface area contributed by atoms with E-state index in [0.717, 1.165) is 32.1 Å². The minimum atomic E-state index is -0.794. The van der Waals surface area contributed by atoms with Crippen molar-refractivity contribution in [1.29, 1.82) is 0 Å². The van der Waals surface area contributed by atoms with Gasteiger partial charge < -0.3 is 4.74 Å². The molecular formula is C23H44O6S. The molecular weight excluding hydrogens is 404 g/mol. The predicted octanol–water partition coefficient (Wildman–Crippen LogP) is 6.37. The molecule has 178 valence electrons. The Labute approximate surface area is 189 Å². The van der Waals surface area contributed by atoms with Gasteiger partial charge in [-0.3, -0.25) is 9.68 Å². The first kappa shape index (κ1) is 29.2. The first-order chi connectivity index (χ1) is 14.2. The van der Waals surface area contributed by atoms with Crippen molar-refractivity contribution < 1.29 is 29.1 Å². The second-order valence-corrected chi connectivity index (χ2v) is 9.35. The van der Waals surface area contributed by atoms with Crippen LogP contribution in [0.1, 0.15) is 112 Å². The molecule has 0 aromatic carbocycles. The first-order valence-corrected chi connectivity index (χ1v) is 12.1. The molecule has 0 aliphatic heterocycles. The van der Waals surface area contributed by atoms with E-state index in [4.69, 9.17) is 19.6 Å². The van der Waals surface area contributed by atoms with Gasteiger partial charge in [-0.25, -0.2) is 4.79 Å². The van der Waals surface area contributed by atoms with E-state index in [1.54, 1.807) is 20.8 Å². The van der Waals surface area contributed by atoms with Crippen LogP contribution in [0.4, 0.5) is 0 Å². The van der Waals surface area contributed by atoms with E-state index >= 15 is 0 Å². The lowest BCUT2D eigenvalue weighted by Crippen LogP contribution is -2.33. The minimum absolute atomic E-state index is 0.189. The zero-order valence-electron chi connectivity index (χ0n) is 19.9. The van der Waals surface area contributed by atoms with Crippen molar-refractivity contribution in [3.05, 3.63) is 0 Å². The summed E-state index contributed by atoms with van der Waals surface area (Å²) in [6.45, 7) is 11.6. The Morgan fingerprint density at radius 3 is 2.13 bits per heavy atom. The smallest absolute Gasteiger partial charge is 0.348 e. The molecule has 7 heteroatoms. The van der Waals surface area contributed by atoms with Crippen LogP contribution in [0.5, 0.6) is 0 Å². The van der Waals surface area contributed by atoms with Crippen LogP contribution in [-0.2, 0) is 29.1 Å². The van der Waals surface area contributed by atoms with Crippen LogP contribution in [0.15, 0.2) is 0 Å². The van der Waals surface area contributed by atoms with Crippen LogP contribution < -0.4 is 0 Å². The lowest BCUT2D eigenvalue weighted by atomic mass is 10.00. The number of hydrogen-bond acceptors (Lipinski definition) is 7. The molecule has 6 nitrogen and oxygen atoms in total. The highest BCUT2D eigenvalue weighted by molar-refractivity contribution is 7.81. The number of ether oxygens (including phenoxy) is 1. The maximum absolute atomic E-state index is 12.2. The van der Waals surface area contributed by atoms with E-state index in [1.165, 1.54) is 19.3 Å². The van der Waals surface area contributed by atoms with Crippen molar-refractivity contribution in [3.63, 3.8) is 0 Å². The van der Waals surface area contributed by atoms with E-state index in [0.29, 0.717) is 19.3 Å². The Morgan fingerprint density at radius 1 is 0.900 bits per heavy atom. The fraction of sp³-hybridized carbons (Fsp3) is 0.913. The number of carbonyl (C=O) groups excluding carboxylic acids is 2. The molecule has 0 rings (SSSR count). The molecule has 0 N–H and O–H groups in total. The Kier molecular flexibility index (Phi) is 16.4. The Balaban J connectivity index is 4.21. The van der Waals surface area contributed by atoms with E-state index in [9.17, 15) is 9.59 Å². The highest BCUT2D eigenvalue weighted by Gasteiger charge is 2.28. The number of esters is 1. The SMILES string of the molecule is CCCCCCCC(S)C(=O)OC(C)CC(C)(C)OOOC(=O)C(CC)CCCC. The van der Waals surface area contributed by atoms with Gasteiger partial charge in [0.2, 0.25) is 0 Å². The van der Waals surface area contributed by atoms with E-state index in [-0.39, 0.29) is 18.0 Å². The summed E-state index contributed by atoms with van der Waals surface area (Å²) < 4.78 is 5.49. The van der Waals surface area contributed by atoms with E-state index in [2.05, 4.69) is 26.5 Å². The highest BCUT2D eigenvalue weighted by atomic mass is 32.1. The second-order valence-electron chi connectivity index (χ2n) is 8.73. The van der Waals surface area contributed by atoms with Gasteiger partial charge in [-0.1, -0.05) is 65.7 Å². The molecule has 0 spiro atoms. The number of thiol groups is 1. The molecule has 3 unspecified atom stereocenters. The van der Waals surface area contributed by atoms with Crippen LogP contribution in [0.3, 0.4) is 0 Å². The fourth-order valence-electron chi connectivity index (χ4n) is 3.25. The molecule has 0 saturated carbocycles. The van der Waals surface area contributed by atoms with Gasteiger partial charge in [-0.2, -0.15) is 17.5 Å². The van der Waals surface area contributed by atoms with Gasteiger partial charge in [0.25, 0.3) is 0 Å². The fourth-order valence-corrected chi connectivity index (χ4v) is 3.50. The molecule has 0 saturated heterocycles. The third-order valence-corrected chi connectivity index (χ3v) is 5.53. The van der Waals surface area contributed by atoms with Crippen molar-refractivity contribution in [2.45, 2.75) is 129 Å². The van der Waals surface area contributed by atoms with Crippen molar-refractivity contribution in [3.8, 4) is 0 Å². The molecule has 0 bridgehead atoms. The number of hydrogen-bond donors (Lipinski definition) is 1. The van der Waals surface area contributed by atoms with Gasteiger partial charge in [0.05, 0.1) is 11.2 Å². The largest absolute Gasteiger partial charge is 0.462 e.